The molecule has 0 spiro atoms. The quantitative estimate of drug-likeness (QED) is 0.352. The van der Waals surface area contributed by atoms with Crippen molar-refractivity contribution in [3.8, 4) is 5.75 Å². The molecule has 28 heavy (non-hydrogen) atoms. The van der Waals surface area contributed by atoms with Crippen molar-refractivity contribution in [2.24, 2.45) is 10.9 Å². The molecule has 2 heterocycles. The van der Waals surface area contributed by atoms with Crippen LogP contribution in [-0.2, 0) is 0 Å². The molecular formula is C22H37IN4O. The van der Waals surface area contributed by atoms with E-state index in [-0.39, 0.29) is 30.1 Å². The zero-order chi connectivity index (χ0) is 19.1. The lowest BCUT2D eigenvalue weighted by Gasteiger charge is -2.24. The Labute approximate surface area is 187 Å². The van der Waals surface area contributed by atoms with Crippen molar-refractivity contribution in [3.63, 3.8) is 0 Å². The summed E-state index contributed by atoms with van der Waals surface area (Å²) in [6.07, 6.45) is 4.08. The molecule has 0 saturated carbocycles. The molecule has 0 amide bonds. The first kappa shape index (κ1) is 23.3. The number of guanidine groups is 1. The molecule has 2 fully saturated rings. The van der Waals surface area contributed by atoms with E-state index in [4.69, 9.17) is 9.73 Å². The van der Waals surface area contributed by atoms with Crippen molar-refractivity contribution in [2.75, 3.05) is 45.8 Å². The summed E-state index contributed by atoms with van der Waals surface area (Å²) in [7, 11) is 0. The Morgan fingerprint density at radius 1 is 1.21 bits per heavy atom. The largest absolute Gasteiger partial charge is 0.489 e. The fraction of sp³-hybridized carbons (Fsp3) is 0.682. The standard InChI is InChI=1S/C22H36N4O.HI/c1-4-23-22(24-15-19(3)27-21-9-7-18(2)8-10-21)26-14-11-20(17-26)16-25-12-5-6-13-25;/h7-10,19-20H,4-6,11-17H2,1-3H3,(H,23,24);1H. The van der Waals surface area contributed by atoms with Crippen LogP contribution in [0.1, 0.15) is 38.7 Å². The van der Waals surface area contributed by atoms with Crippen LogP contribution in [0.3, 0.4) is 0 Å². The summed E-state index contributed by atoms with van der Waals surface area (Å²) in [5.74, 6) is 2.73. The monoisotopic (exact) mass is 500 g/mol. The van der Waals surface area contributed by atoms with Crippen LogP contribution in [0.2, 0.25) is 0 Å². The van der Waals surface area contributed by atoms with Gasteiger partial charge in [0.25, 0.3) is 0 Å². The fourth-order valence-corrected chi connectivity index (χ4v) is 4.03. The van der Waals surface area contributed by atoms with Gasteiger partial charge in [-0.15, -0.1) is 24.0 Å². The molecule has 1 N–H and O–H groups in total. The molecule has 2 saturated heterocycles. The first-order valence-corrected chi connectivity index (χ1v) is 10.6. The molecule has 0 aliphatic carbocycles. The summed E-state index contributed by atoms with van der Waals surface area (Å²) in [4.78, 5) is 9.94. The maximum absolute atomic E-state index is 6.01. The van der Waals surface area contributed by atoms with Gasteiger partial charge in [0.1, 0.15) is 11.9 Å². The van der Waals surface area contributed by atoms with Gasteiger partial charge in [0.2, 0.25) is 0 Å². The minimum Gasteiger partial charge on any atom is -0.489 e. The van der Waals surface area contributed by atoms with E-state index in [0.717, 1.165) is 37.3 Å². The maximum atomic E-state index is 6.01. The lowest BCUT2D eigenvalue weighted by atomic mass is 10.1. The highest BCUT2D eigenvalue weighted by Crippen LogP contribution is 2.20. The SMILES string of the molecule is CCNC(=NCC(C)Oc1ccc(C)cc1)N1CCC(CN2CCCC2)C1.I. The minimum atomic E-state index is 0. The Balaban J connectivity index is 0.00000280. The Kier molecular flexibility index (Phi) is 9.85. The van der Waals surface area contributed by atoms with Crippen molar-refractivity contribution in [2.45, 2.75) is 46.1 Å². The summed E-state index contributed by atoms with van der Waals surface area (Å²) in [6, 6.07) is 8.23. The van der Waals surface area contributed by atoms with Crippen molar-refractivity contribution in [1.82, 2.24) is 15.1 Å². The first-order chi connectivity index (χ1) is 13.1. The number of aryl methyl sites for hydroxylation is 1. The van der Waals surface area contributed by atoms with Crippen molar-refractivity contribution in [1.29, 1.82) is 0 Å². The van der Waals surface area contributed by atoms with Crippen LogP contribution in [-0.4, -0.2) is 67.7 Å². The summed E-state index contributed by atoms with van der Waals surface area (Å²) in [5, 5.41) is 3.47. The van der Waals surface area contributed by atoms with Gasteiger partial charge >= 0.3 is 0 Å². The molecule has 3 rings (SSSR count). The molecule has 0 aromatic heterocycles. The summed E-state index contributed by atoms with van der Waals surface area (Å²) in [6.45, 7) is 14.0. The number of rotatable bonds is 7. The number of nitrogens with one attached hydrogen (secondary N) is 1. The molecular weight excluding hydrogens is 463 g/mol. The van der Waals surface area contributed by atoms with Gasteiger partial charge in [0.15, 0.2) is 5.96 Å². The second-order valence-corrected chi connectivity index (χ2v) is 8.04. The summed E-state index contributed by atoms with van der Waals surface area (Å²) in [5.41, 5.74) is 1.25. The number of aliphatic imine (C=N–C) groups is 1. The molecule has 2 aliphatic heterocycles. The van der Waals surface area contributed by atoms with Gasteiger partial charge in [-0.05, 0) is 71.2 Å². The molecule has 0 bridgehead atoms. The zero-order valence-electron chi connectivity index (χ0n) is 17.7. The van der Waals surface area contributed by atoms with Crippen LogP contribution in [0.5, 0.6) is 5.75 Å². The lowest BCUT2D eigenvalue weighted by molar-refractivity contribution is 0.229. The van der Waals surface area contributed by atoms with Crippen LogP contribution in [0.4, 0.5) is 0 Å². The van der Waals surface area contributed by atoms with Crippen LogP contribution < -0.4 is 10.1 Å². The van der Waals surface area contributed by atoms with Gasteiger partial charge < -0.3 is 19.9 Å². The smallest absolute Gasteiger partial charge is 0.194 e. The van der Waals surface area contributed by atoms with Crippen LogP contribution in [0.25, 0.3) is 0 Å². The number of likely N-dealkylation sites (tertiary alicyclic amines) is 2. The van der Waals surface area contributed by atoms with Gasteiger partial charge in [-0.25, -0.2) is 4.99 Å². The predicted octanol–water partition coefficient (Wildman–Crippen LogP) is 3.76. The molecule has 0 radical (unpaired) electrons. The van der Waals surface area contributed by atoms with E-state index in [1.807, 2.05) is 12.1 Å². The van der Waals surface area contributed by atoms with Crippen LogP contribution in [0.15, 0.2) is 29.3 Å². The second-order valence-electron chi connectivity index (χ2n) is 8.04. The molecule has 2 unspecified atom stereocenters. The van der Waals surface area contributed by atoms with Gasteiger partial charge in [0, 0.05) is 26.2 Å². The van der Waals surface area contributed by atoms with E-state index in [2.05, 4.69) is 48.0 Å². The van der Waals surface area contributed by atoms with Crippen molar-refractivity contribution in [3.05, 3.63) is 29.8 Å². The summed E-state index contributed by atoms with van der Waals surface area (Å²) < 4.78 is 6.01. The third kappa shape index (κ3) is 7.10. The number of hydrogen-bond donors (Lipinski definition) is 1. The molecule has 2 aliphatic rings. The van der Waals surface area contributed by atoms with Crippen molar-refractivity contribution >= 4 is 29.9 Å². The highest BCUT2D eigenvalue weighted by Gasteiger charge is 2.27. The van der Waals surface area contributed by atoms with E-state index in [9.17, 15) is 0 Å². The van der Waals surface area contributed by atoms with E-state index in [1.165, 1.54) is 44.5 Å². The number of ether oxygens (including phenoxy) is 1. The third-order valence-electron chi connectivity index (χ3n) is 5.49. The number of halogens is 1. The number of nitrogens with zero attached hydrogens (tertiary/aromatic N) is 3. The zero-order valence-corrected chi connectivity index (χ0v) is 20.0. The first-order valence-electron chi connectivity index (χ1n) is 10.6. The van der Waals surface area contributed by atoms with Gasteiger partial charge in [-0.1, -0.05) is 17.7 Å². The molecule has 1 aromatic carbocycles. The van der Waals surface area contributed by atoms with E-state index in [0.29, 0.717) is 6.54 Å². The van der Waals surface area contributed by atoms with Crippen molar-refractivity contribution < 1.29 is 4.74 Å². The second kappa shape index (κ2) is 11.9. The Morgan fingerprint density at radius 3 is 2.61 bits per heavy atom. The molecule has 2 atom stereocenters. The van der Waals surface area contributed by atoms with Gasteiger partial charge in [-0.3, -0.25) is 0 Å². The highest BCUT2D eigenvalue weighted by molar-refractivity contribution is 14.0. The molecule has 5 nitrogen and oxygen atoms in total. The topological polar surface area (TPSA) is 40.1 Å². The normalized spacial score (nSPS) is 21.5. The molecule has 6 heteroatoms. The van der Waals surface area contributed by atoms with E-state index in [1.54, 1.807) is 0 Å². The third-order valence-corrected chi connectivity index (χ3v) is 5.49. The fourth-order valence-electron chi connectivity index (χ4n) is 4.03. The van der Waals surface area contributed by atoms with E-state index >= 15 is 0 Å². The average molecular weight is 500 g/mol. The number of hydrogen-bond acceptors (Lipinski definition) is 3. The summed E-state index contributed by atoms with van der Waals surface area (Å²) >= 11 is 0. The Morgan fingerprint density at radius 2 is 1.93 bits per heavy atom. The minimum absolute atomic E-state index is 0. The lowest BCUT2D eigenvalue weighted by Crippen LogP contribution is -2.41. The Hall–Kier alpha value is -1.02. The average Bonchev–Trinajstić information content (AvgIpc) is 3.33. The number of benzene rings is 1. The van der Waals surface area contributed by atoms with Crippen LogP contribution >= 0.6 is 24.0 Å². The highest BCUT2D eigenvalue weighted by atomic mass is 127. The predicted molar refractivity (Wildman–Crippen MR) is 128 cm³/mol. The molecule has 1 aromatic rings. The molecule has 158 valence electrons. The Bertz CT molecular complexity index is 601. The van der Waals surface area contributed by atoms with E-state index < -0.39 is 0 Å². The van der Waals surface area contributed by atoms with Gasteiger partial charge in [0.05, 0.1) is 6.54 Å². The maximum Gasteiger partial charge on any atom is 0.194 e. The van der Waals surface area contributed by atoms with Crippen LogP contribution in [0, 0.1) is 12.8 Å². The van der Waals surface area contributed by atoms with Gasteiger partial charge in [-0.2, -0.15) is 0 Å².